The van der Waals surface area contributed by atoms with E-state index in [-0.39, 0.29) is 24.6 Å². The van der Waals surface area contributed by atoms with Crippen LogP contribution in [-0.2, 0) is 9.53 Å². The third kappa shape index (κ3) is 4.57. The lowest BCUT2D eigenvalue weighted by Gasteiger charge is -2.34. The first-order valence-electron chi connectivity index (χ1n) is 7.54. The second-order valence-electron chi connectivity index (χ2n) is 5.84. The summed E-state index contributed by atoms with van der Waals surface area (Å²) in [7, 11) is 0. The van der Waals surface area contributed by atoms with Crippen LogP contribution in [0.5, 0.6) is 0 Å². The fourth-order valence-electron chi connectivity index (χ4n) is 3.52. The molecule has 2 atom stereocenters. The summed E-state index contributed by atoms with van der Waals surface area (Å²) >= 11 is 0. The zero-order valence-electron chi connectivity index (χ0n) is 12.4. The summed E-state index contributed by atoms with van der Waals surface area (Å²) in [6.07, 6.45) is -0.218. The molecule has 21 heavy (non-hydrogen) atoms. The first-order chi connectivity index (χ1) is 9.88. The summed E-state index contributed by atoms with van der Waals surface area (Å²) in [4.78, 5) is 15.7. The highest BCUT2D eigenvalue weighted by atomic mass is 19.4. The Balaban J connectivity index is 1.81. The van der Waals surface area contributed by atoms with Gasteiger partial charge >= 0.3 is 6.18 Å². The Labute approximate surface area is 123 Å². The maximum Gasteiger partial charge on any atom is 0.411 e. The van der Waals surface area contributed by atoms with Gasteiger partial charge < -0.3 is 9.64 Å². The van der Waals surface area contributed by atoms with Gasteiger partial charge in [-0.2, -0.15) is 13.2 Å². The lowest BCUT2D eigenvalue weighted by molar-refractivity contribution is -0.174. The number of rotatable bonds is 5. The summed E-state index contributed by atoms with van der Waals surface area (Å²) in [5.41, 5.74) is 0. The number of alkyl halides is 3. The Morgan fingerprint density at radius 2 is 1.86 bits per heavy atom. The van der Waals surface area contributed by atoms with Gasteiger partial charge in [-0.1, -0.05) is 0 Å². The first-order valence-corrected chi connectivity index (χ1v) is 7.54. The Bertz CT molecular complexity index is 363. The van der Waals surface area contributed by atoms with E-state index in [1.54, 1.807) is 6.92 Å². The van der Waals surface area contributed by atoms with Gasteiger partial charge in [0.05, 0.1) is 6.61 Å². The smallest absolute Gasteiger partial charge is 0.371 e. The van der Waals surface area contributed by atoms with Crippen LogP contribution >= 0.6 is 0 Å². The predicted molar refractivity (Wildman–Crippen MR) is 71.9 cm³/mol. The van der Waals surface area contributed by atoms with Gasteiger partial charge in [0.25, 0.3) is 0 Å². The van der Waals surface area contributed by atoms with Crippen LogP contribution in [0.2, 0.25) is 0 Å². The van der Waals surface area contributed by atoms with Crippen molar-refractivity contribution in [3.63, 3.8) is 0 Å². The number of likely N-dealkylation sites (tertiary alicyclic amines) is 2. The molecule has 122 valence electrons. The van der Waals surface area contributed by atoms with Crippen LogP contribution in [-0.4, -0.2) is 66.8 Å². The van der Waals surface area contributed by atoms with Gasteiger partial charge in [-0.25, -0.2) is 0 Å². The molecule has 2 saturated heterocycles. The van der Waals surface area contributed by atoms with Gasteiger partial charge in [-0.05, 0) is 32.2 Å². The average Bonchev–Trinajstić information content (AvgIpc) is 3.01. The summed E-state index contributed by atoms with van der Waals surface area (Å²) in [5.74, 6) is 0.0951. The molecule has 0 N–H and O–H groups in total. The molecule has 0 aromatic carbocycles. The zero-order chi connectivity index (χ0) is 15.5. The van der Waals surface area contributed by atoms with E-state index in [9.17, 15) is 18.0 Å². The van der Waals surface area contributed by atoms with Gasteiger partial charge in [0.1, 0.15) is 6.61 Å². The van der Waals surface area contributed by atoms with Gasteiger partial charge in [-0.15, -0.1) is 0 Å². The van der Waals surface area contributed by atoms with E-state index in [0.29, 0.717) is 6.54 Å². The van der Waals surface area contributed by atoms with Crippen molar-refractivity contribution in [2.45, 2.75) is 50.9 Å². The summed E-state index contributed by atoms with van der Waals surface area (Å²) in [6, 6.07) is 0.485. The van der Waals surface area contributed by atoms with Gasteiger partial charge in [-0.3, -0.25) is 9.69 Å². The van der Waals surface area contributed by atoms with Crippen LogP contribution in [0, 0.1) is 0 Å². The summed E-state index contributed by atoms with van der Waals surface area (Å²) in [5, 5.41) is 0. The zero-order valence-corrected chi connectivity index (χ0v) is 12.4. The Kier molecular flexibility index (Phi) is 5.48. The molecule has 2 fully saturated rings. The van der Waals surface area contributed by atoms with Crippen molar-refractivity contribution in [3.05, 3.63) is 0 Å². The molecule has 2 aliphatic heterocycles. The molecule has 7 heteroatoms. The lowest BCUT2D eigenvalue weighted by Crippen LogP contribution is -2.48. The number of ether oxygens (including phenoxy) is 1. The molecule has 0 radical (unpaired) electrons. The Morgan fingerprint density at radius 3 is 2.52 bits per heavy atom. The second kappa shape index (κ2) is 6.96. The third-order valence-electron chi connectivity index (χ3n) is 4.35. The molecule has 2 aliphatic rings. The molecule has 1 amide bonds. The minimum atomic E-state index is -4.26. The molecular formula is C14H23F3N2O2. The lowest BCUT2D eigenvalue weighted by atomic mass is 10.0. The van der Waals surface area contributed by atoms with Gasteiger partial charge in [0, 0.05) is 32.1 Å². The normalized spacial score (nSPS) is 27.5. The Hall–Kier alpha value is -0.820. The maximum absolute atomic E-state index is 12.0. The summed E-state index contributed by atoms with van der Waals surface area (Å²) in [6.45, 7) is 2.67. The molecular weight excluding hydrogens is 285 g/mol. The van der Waals surface area contributed by atoms with Crippen LogP contribution in [0.15, 0.2) is 0 Å². The number of halogens is 3. The molecule has 0 aromatic heterocycles. The van der Waals surface area contributed by atoms with Crippen LogP contribution in [0.4, 0.5) is 13.2 Å². The molecule has 2 heterocycles. The van der Waals surface area contributed by atoms with Crippen molar-refractivity contribution >= 4 is 5.91 Å². The summed E-state index contributed by atoms with van der Waals surface area (Å²) < 4.78 is 40.8. The van der Waals surface area contributed by atoms with Crippen LogP contribution < -0.4 is 0 Å². The molecule has 0 aromatic rings. The van der Waals surface area contributed by atoms with E-state index >= 15 is 0 Å². The highest BCUT2D eigenvalue weighted by molar-refractivity contribution is 5.74. The molecule has 0 spiro atoms. The van der Waals surface area contributed by atoms with Crippen LogP contribution in [0.25, 0.3) is 0 Å². The van der Waals surface area contributed by atoms with E-state index < -0.39 is 12.8 Å². The van der Waals surface area contributed by atoms with E-state index in [1.807, 2.05) is 4.90 Å². The van der Waals surface area contributed by atoms with Crippen molar-refractivity contribution in [1.29, 1.82) is 0 Å². The van der Waals surface area contributed by atoms with E-state index in [0.717, 1.165) is 38.8 Å². The van der Waals surface area contributed by atoms with Crippen LogP contribution in [0.1, 0.15) is 32.6 Å². The van der Waals surface area contributed by atoms with Crippen molar-refractivity contribution in [1.82, 2.24) is 9.80 Å². The number of hydrogen-bond donors (Lipinski definition) is 0. The number of hydrogen-bond acceptors (Lipinski definition) is 3. The minimum Gasteiger partial charge on any atom is -0.371 e. The number of carbonyl (C=O) groups is 1. The van der Waals surface area contributed by atoms with Crippen molar-refractivity contribution in [2.75, 3.05) is 32.8 Å². The molecule has 0 unspecified atom stereocenters. The maximum atomic E-state index is 12.0. The highest BCUT2D eigenvalue weighted by Gasteiger charge is 2.38. The van der Waals surface area contributed by atoms with E-state index in [2.05, 4.69) is 4.90 Å². The first kappa shape index (κ1) is 16.5. The second-order valence-corrected chi connectivity index (χ2v) is 5.84. The van der Waals surface area contributed by atoms with Crippen molar-refractivity contribution in [3.8, 4) is 0 Å². The number of nitrogens with zero attached hydrogens (tertiary/aromatic N) is 2. The number of amides is 1. The average molecular weight is 308 g/mol. The predicted octanol–water partition coefficient (Wildman–Crippen LogP) is 2.04. The van der Waals surface area contributed by atoms with Crippen molar-refractivity contribution < 1.29 is 22.7 Å². The Morgan fingerprint density at radius 1 is 1.19 bits per heavy atom. The molecule has 2 rings (SSSR count). The van der Waals surface area contributed by atoms with E-state index in [4.69, 9.17) is 4.74 Å². The quantitative estimate of drug-likeness (QED) is 0.729. The number of carbonyl (C=O) groups excluding carboxylic acids is 1. The van der Waals surface area contributed by atoms with Crippen molar-refractivity contribution in [2.24, 2.45) is 0 Å². The van der Waals surface area contributed by atoms with Crippen LogP contribution in [0.3, 0.4) is 0 Å². The molecule has 0 aliphatic carbocycles. The van der Waals surface area contributed by atoms with E-state index in [1.165, 1.54) is 0 Å². The third-order valence-corrected chi connectivity index (χ3v) is 4.35. The van der Waals surface area contributed by atoms with Gasteiger partial charge in [0.2, 0.25) is 5.91 Å². The molecule has 0 bridgehead atoms. The molecule has 4 nitrogen and oxygen atoms in total. The van der Waals surface area contributed by atoms with Gasteiger partial charge in [0.15, 0.2) is 0 Å². The largest absolute Gasteiger partial charge is 0.411 e. The monoisotopic (exact) mass is 308 g/mol. The SMILES string of the molecule is CC(=O)N1CCC[C@H]1[C@@H]1CCCN1CCOCC(F)(F)F. The highest BCUT2D eigenvalue weighted by Crippen LogP contribution is 2.29. The standard InChI is InChI=1S/C14H23F3N2O2/c1-11(20)19-7-3-5-13(19)12-4-2-6-18(12)8-9-21-10-14(15,16)17/h12-13H,2-10H2,1H3/t12-,13-/m0/s1. The molecule has 0 saturated carbocycles. The topological polar surface area (TPSA) is 32.8 Å². The fraction of sp³-hybridized carbons (Fsp3) is 0.929. The fourth-order valence-corrected chi connectivity index (χ4v) is 3.52. The minimum absolute atomic E-state index is 0.0861.